The summed E-state index contributed by atoms with van der Waals surface area (Å²) in [4.78, 5) is 13.7. The number of benzene rings is 4. The molecule has 4 aromatic rings. The lowest BCUT2D eigenvalue weighted by Crippen LogP contribution is -2.24. The summed E-state index contributed by atoms with van der Waals surface area (Å²) in [6.45, 7) is 0. The highest BCUT2D eigenvalue weighted by Crippen LogP contribution is 2.72. The Kier molecular flexibility index (Phi) is 2.72. The van der Waals surface area contributed by atoms with Crippen LogP contribution in [0.4, 0.5) is 0 Å². The molecule has 27 heavy (non-hydrogen) atoms. The van der Waals surface area contributed by atoms with E-state index in [9.17, 15) is 4.79 Å². The van der Waals surface area contributed by atoms with E-state index in [1.807, 2.05) is 66.7 Å². The van der Waals surface area contributed by atoms with Gasteiger partial charge in [0.2, 0.25) is 5.78 Å². The highest BCUT2D eigenvalue weighted by Gasteiger charge is 2.81. The molecule has 1 fully saturated rings. The van der Waals surface area contributed by atoms with Crippen LogP contribution in [0.25, 0.3) is 10.8 Å². The van der Waals surface area contributed by atoms with Gasteiger partial charge in [0.25, 0.3) is 0 Å². The van der Waals surface area contributed by atoms with Gasteiger partial charge in [0, 0.05) is 16.7 Å². The van der Waals surface area contributed by atoms with Crippen molar-refractivity contribution in [1.82, 2.24) is 0 Å². The monoisotopic (exact) mass is 348 g/mol. The third-order valence-electron chi connectivity index (χ3n) is 5.98. The first-order valence-corrected chi connectivity index (χ1v) is 9.17. The van der Waals surface area contributed by atoms with Gasteiger partial charge in [-0.2, -0.15) is 0 Å². The Balaban J connectivity index is 1.71. The molecule has 0 unspecified atom stereocenters. The zero-order valence-corrected chi connectivity index (χ0v) is 14.6. The van der Waals surface area contributed by atoms with E-state index in [1.165, 1.54) is 0 Å². The maximum atomic E-state index is 13.7. The van der Waals surface area contributed by atoms with E-state index in [1.54, 1.807) is 0 Å². The van der Waals surface area contributed by atoms with E-state index in [2.05, 4.69) is 30.3 Å². The summed E-state index contributed by atoms with van der Waals surface area (Å²) in [6.07, 6.45) is 0. The first-order chi connectivity index (χ1) is 13.3. The Morgan fingerprint density at radius 3 is 2.15 bits per heavy atom. The molecule has 6 rings (SSSR count). The van der Waals surface area contributed by atoms with Gasteiger partial charge in [0.1, 0.15) is 0 Å². The molecule has 2 atom stereocenters. The van der Waals surface area contributed by atoms with Crippen LogP contribution in [0, 0.1) is 0 Å². The van der Waals surface area contributed by atoms with Crippen molar-refractivity contribution in [2.75, 3.05) is 0 Å². The molecule has 0 saturated carbocycles. The zero-order chi connectivity index (χ0) is 18.1. The summed E-state index contributed by atoms with van der Waals surface area (Å²) in [7, 11) is 0. The Hall–Kier alpha value is -3.23. The number of epoxide rings is 1. The minimum Gasteiger partial charge on any atom is -0.338 e. The molecule has 2 aliphatic rings. The smallest absolute Gasteiger partial charge is 0.203 e. The molecule has 1 aliphatic carbocycles. The van der Waals surface area contributed by atoms with Crippen LogP contribution in [0.2, 0.25) is 0 Å². The van der Waals surface area contributed by atoms with Crippen LogP contribution >= 0.6 is 0 Å². The number of Topliss-reactive ketones (excluding diaryl/α,β-unsaturated/α-hetero) is 1. The molecule has 0 amide bonds. The Bertz CT molecular complexity index is 1220. The van der Waals surface area contributed by atoms with Gasteiger partial charge >= 0.3 is 0 Å². The van der Waals surface area contributed by atoms with Crippen molar-refractivity contribution < 1.29 is 9.53 Å². The lowest BCUT2D eigenvalue weighted by Gasteiger charge is -2.15. The number of hydrogen-bond donors (Lipinski definition) is 0. The normalized spacial score (nSPS) is 25.3. The van der Waals surface area contributed by atoms with E-state index < -0.39 is 11.2 Å². The SMILES string of the molecule is O=C1c2ccccc2[C@@]2(c3ccccc3)O[C@@]12c1cccc2ccccc12. The van der Waals surface area contributed by atoms with Crippen molar-refractivity contribution in [2.24, 2.45) is 0 Å². The summed E-state index contributed by atoms with van der Waals surface area (Å²) in [5.41, 5.74) is 1.97. The molecule has 0 bridgehead atoms. The zero-order valence-electron chi connectivity index (χ0n) is 14.6. The Morgan fingerprint density at radius 2 is 1.26 bits per heavy atom. The van der Waals surface area contributed by atoms with Gasteiger partial charge in [-0.05, 0) is 16.3 Å². The number of carbonyl (C=O) groups is 1. The summed E-state index contributed by atoms with van der Waals surface area (Å²) < 4.78 is 6.50. The molecule has 1 saturated heterocycles. The van der Waals surface area contributed by atoms with Gasteiger partial charge in [-0.1, -0.05) is 97.1 Å². The van der Waals surface area contributed by atoms with Crippen molar-refractivity contribution >= 4 is 16.6 Å². The molecular formula is C25H16O2. The molecule has 1 heterocycles. The van der Waals surface area contributed by atoms with E-state index in [4.69, 9.17) is 4.74 Å². The maximum Gasteiger partial charge on any atom is 0.203 e. The van der Waals surface area contributed by atoms with Gasteiger partial charge < -0.3 is 4.74 Å². The van der Waals surface area contributed by atoms with Crippen molar-refractivity contribution in [3.05, 3.63) is 119 Å². The van der Waals surface area contributed by atoms with Crippen LogP contribution < -0.4 is 0 Å². The van der Waals surface area contributed by atoms with Crippen LogP contribution in [0.5, 0.6) is 0 Å². The summed E-state index contributed by atoms with van der Waals surface area (Å²) >= 11 is 0. The number of ketones is 1. The average molecular weight is 348 g/mol. The van der Waals surface area contributed by atoms with Crippen LogP contribution in [0.3, 0.4) is 0 Å². The topological polar surface area (TPSA) is 29.6 Å². The van der Waals surface area contributed by atoms with E-state index in [0.29, 0.717) is 0 Å². The molecule has 0 aromatic heterocycles. The molecule has 0 spiro atoms. The lowest BCUT2D eigenvalue weighted by molar-refractivity contribution is 0.0869. The van der Waals surface area contributed by atoms with E-state index >= 15 is 0 Å². The second kappa shape index (κ2) is 4.93. The Labute approximate surface area is 157 Å². The van der Waals surface area contributed by atoms with Crippen LogP contribution in [-0.2, 0) is 15.9 Å². The van der Waals surface area contributed by atoms with Crippen molar-refractivity contribution in [3.63, 3.8) is 0 Å². The highest BCUT2D eigenvalue weighted by molar-refractivity contribution is 6.14. The minimum atomic E-state index is -0.987. The van der Waals surface area contributed by atoms with Crippen molar-refractivity contribution in [3.8, 4) is 0 Å². The third-order valence-corrected chi connectivity index (χ3v) is 5.98. The first kappa shape index (κ1) is 14.9. The first-order valence-electron chi connectivity index (χ1n) is 9.17. The van der Waals surface area contributed by atoms with Crippen molar-refractivity contribution in [2.45, 2.75) is 11.2 Å². The number of rotatable bonds is 2. The minimum absolute atomic E-state index is 0.0540. The number of hydrogen-bond acceptors (Lipinski definition) is 2. The molecule has 2 nitrogen and oxygen atoms in total. The van der Waals surface area contributed by atoms with Gasteiger partial charge in [0.15, 0.2) is 11.2 Å². The summed E-state index contributed by atoms with van der Waals surface area (Å²) in [6, 6.07) is 32.3. The van der Waals surface area contributed by atoms with E-state index in [-0.39, 0.29) is 5.78 Å². The summed E-state index contributed by atoms with van der Waals surface area (Å²) in [5.74, 6) is 0.0540. The standard InChI is InChI=1S/C25H16O2/c26-23-20-14-6-7-15-22(20)24(18-11-2-1-3-12-18)25(23,27-24)21-16-8-10-17-9-4-5-13-19(17)21/h1-16H/t24-,25+/m1/s1. The largest absolute Gasteiger partial charge is 0.338 e. The highest BCUT2D eigenvalue weighted by atomic mass is 16.6. The number of carbonyl (C=O) groups excluding carboxylic acids is 1. The van der Waals surface area contributed by atoms with Crippen LogP contribution in [-0.4, -0.2) is 5.78 Å². The molecule has 2 heteroatoms. The molecule has 0 radical (unpaired) electrons. The molecule has 4 aromatic carbocycles. The van der Waals surface area contributed by atoms with Crippen LogP contribution in [0.1, 0.15) is 27.0 Å². The maximum absolute atomic E-state index is 13.7. The molecule has 0 N–H and O–H groups in total. The fourth-order valence-electron chi connectivity index (χ4n) is 4.82. The van der Waals surface area contributed by atoms with Crippen LogP contribution in [0.15, 0.2) is 97.1 Å². The summed E-state index contributed by atoms with van der Waals surface area (Å²) in [5, 5.41) is 2.18. The fraction of sp³-hybridized carbons (Fsp3) is 0.0800. The van der Waals surface area contributed by atoms with E-state index in [0.717, 1.165) is 33.0 Å². The predicted molar refractivity (Wildman–Crippen MR) is 105 cm³/mol. The van der Waals surface area contributed by atoms with Gasteiger partial charge in [-0.3, -0.25) is 4.79 Å². The third kappa shape index (κ3) is 1.62. The lowest BCUT2D eigenvalue weighted by atomic mass is 9.80. The fourth-order valence-corrected chi connectivity index (χ4v) is 4.82. The predicted octanol–water partition coefficient (Wildman–Crippen LogP) is 5.21. The van der Waals surface area contributed by atoms with Gasteiger partial charge in [0.05, 0.1) is 0 Å². The van der Waals surface area contributed by atoms with Crippen molar-refractivity contribution in [1.29, 1.82) is 0 Å². The number of ether oxygens (including phenoxy) is 1. The molecule has 1 aliphatic heterocycles. The van der Waals surface area contributed by atoms with Gasteiger partial charge in [-0.25, -0.2) is 0 Å². The van der Waals surface area contributed by atoms with Gasteiger partial charge in [-0.15, -0.1) is 0 Å². The second-order valence-electron chi connectivity index (χ2n) is 7.23. The number of fused-ring (bicyclic) bond motifs is 4. The average Bonchev–Trinajstić information content (AvgIpc) is 3.40. The Morgan fingerprint density at radius 1 is 0.593 bits per heavy atom. The second-order valence-corrected chi connectivity index (χ2v) is 7.23. The quantitative estimate of drug-likeness (QED) is 0.466. The molecule has 128 valence electrons. The molecular weight excluding hydrogens is 332 g/mol.